The highest BCUT2D eigenvalue weighted by molar-refractivity contribution is 7.53. The number of hydrogen-bond acceptors (Lipinski definition) is 6. The molecular weight excluding hydrogens is 441 g/mol. The van der Waals surface area contributed by atoms with Crippen molar-refractivity contribution >= 4 is 14.1 Å². The Labute approximate surface area is 199 Å². The average molecular weight is 487 g/mol. The number of carbonyl (C=O) groups is 1. The van der Waals surface area contributed by atoms with Gasteiger partial charge in [0.1, 0.15) is 6.61 Å². The number of imidazole rings is 1. The van der Waals surface area contributed by atoms with Gasteiger partial charge in [-0.1, -0.05) is 70.4 Å². The molecule has 1 rings (SSSR count). The topological polar surface area (TPSA) is 128 Å². The van der Waals surface area contributed by atoms with Gasteiger partial charge in [0.15, 0.2) is 0 Å². The van der Waals surface area contributed by atoms with Gasteiger partial charge in [-0.2, -0.15) is 19.2 Å². The summed E-state index contributed by atoms with van der Waals surface area (Å²) in [6.07, 6.45) is 24.3. The first-order valence-corrected chi connectivity index (χ1v) is 14.1. The second-order valence-electron chi connectivity index (χ2n) is 8.69. The molecule has 0 bridgehead atoms. The number of unbranched alkanes of at least 4 members (excludes halogenated alkanes) is 11. The number of aromatic amines is 1. The van der Waals surface area contributed by atoms with Crippen LogP contribution in [-0.4, -0.2) is 43.2 Å². The molecule has 0 fully saturated rings. The summed E-state index contributed by atoms with van der Waals surface area (Å²) in [6.45, 7) is 2.05. The number of H-pyrrole nitrogens is 1. The predicted molar refractivity (Wildman–Crippen MR) is 133 cm³/mol. The van der Waals surface area contributed by atoms with Crippen molar-refractivity contribution in [1.29, 1.82) is 0 Å². The quantitative estimate of drug-likeness (QED) is 0.0929. The summed E-state index contributed by atoms with van der Waals surface area (Å²) in [6, 6.07) is -0.494. The minimum absolute atomic E-state index is 0.113. The summed E-state index contributed by atoms with van der Waals surface area (Å²) in [4.78, 5) is 46.3. The largest absolute Gasteiger partial charge is 0.567 e. The molecule has 1 amide bonds. The molecule has 1 aromatic rings. The van der Waals surface area contributed by atoms with E-state index >= 15 is 0 Å². The first-order chi connectivity index (χ1) is 15.9. The number of aromatic nitrogens is 2. The summed E-state index contributed by atoms with van der Waals surface area (Å²) in [5, 5.41) is 2.84. The third kappa shape index (κ3) is 18.8. The van der Waals surface area contributed by atoms with Gasteiger partial charge >= 0.3 is 8.17 Å². The van der Waals surface area contributed by atoms with Gasteiger partial charge in [-0.05, 0) is 32.1 Å². The van der Waals surface area contributed by atoms with Crippen molar-refractivity contribution in [1.82, 2.24) is 15.3 Å². The van der Waals surface area contributed by atoms with Gasteiger partial charge in [-0.25, -0.2) is 4.98 Å². The molecule has 1 heterocycles. The van der Waals surface area contributed by atoms with E-state index in [-0.39, 0.29) is 12.5 Å². The third-order valence-electron chi connectivity index (χ3n) is 5.50. The van der Waals surface area contributed by atoms with Gasteiger partial charge in [0.05, 0.1) is 12.4 Å². The standard InChI is InChI=1S/C24H44N3O5P/c1-2-3-4-5-6-7-8-9-10-11-12-13-14-15-16-17-24(28)27-23(20-32-33(29,30)31)18-22-19-25-21-26-22/h9-10,19,21,23,29-31H,2-8,11-18,20H2,1H3,(H-,25,26,27,28)/p+1/b10-9-/t23-/m1/s1. The maximum atomic E-state index is 12.3. The lowest BCUT2D eigenvalue weighted by Crippen LogP contribution is -2.39. The van der Waals surface area contributed by atoms with E-state index in [0.29, 0.717) is 12.8 Å². The summed E-state index contributed by atoms with van der Waals surface area (Å²) >= 11 is 0. The molecule has 0 aliphatic carbocycles. The Morgan fingerprint density at radius 1 is 1.03 bits per heavy atom. The number of nitrogens with zero attached hydrogens (tertiary/aromatic N) is 1. The Bertz CT molecular complexity index is 620. The van der Waals surface area contributed by atoms with Gasteiger partial charge in [-0.3, -0.25) is 4.79 Å². The number of carbonyl (C=O) groups excluding carboxylic acids is 1. The van der Waals surface area contributed by atoms with Crippen LogP contribution in [0, 0.1) is 0 Å². The van der Waals surface area contributed by atoms with E-state index in [9.17, 15) is 4.79 Å². The van der Waals surface area contributed by atoms with Crippen molar-refractivity contribution in [2.75, 3.05) is 6.61 Å². The van der Waals surface area contributed by atoms with Crippen molar-refractivity contribution in [3.8, 4) is 0 Å². The lowest BCUT2D eigenvalue weighted by atomic mass is 10.1. The maximum absolute atomic E-state index is 12.3. The van der Waals surface area contributed by atoms with Crippen LogP contribution in [0.25, 0.3) is 0 Å². The van der Waals surface area contributed by atoms with Crippen LogP contribution in [0.2, 0.25) is 0 Å². The summed E-state index contributed by atoms with van der Waals surface area (Å²) in [5.41, 5.74) is 0.780. The van der Waals surface area contributed by atoms with Crippen LogP contribution in [0.5, 0.6) is 0 Å². The second kappa shape index (κ2) is 19.0. The molecule has 190 valence electrons. The molecule has 0 aromatic carbocycles. The van der Waals surface area contributed by atoms with E-state index in [2.05, 4.69) is 34.4 Å². The Morgan fingerprint density at radius 3 is 2.21 bits per heavy atom. The predicted octanol–water partition coefficient (Wildman–Crippen LogP) is 5.15. The summed E-state index contributed by atoms with van der Waals surface area (Å²) in [7, 11) is -4.34. The van der Waals surface area contributed by atoms with Gasteiger partial charge in [-0.15, -0.1) is 0 Å². The van der Waals surface area contributed by atoms with Gasteiger partial charge in [0.2, 0.25) is 5.91 Å². The maximum Gasteiger partial charge on any atom is 0.567 e. The van der Waals surface area contributed by atoms with Crippen molar-refractivity contribution in [3.05, 3.63) is 30.4 Å². The first-order valence-electron chi connectivity index (χ1n) is 12.5. The third-order valence-corrected chi connectivity index (χ3v) is 6.00. The van der Waals surface area contributed by atoms with Crippen LogP contribution in [0.1, 0.15) is 103 Å². The fourth-order valence-electron chi connectivity index (χ4n) is 3.66. The van der Waals surface area contributed by atoms with Crippen molar-refractivity contribution in [2.45, 2.75) is 109 Å². The lowest BCUT2D eigenvalue weighted by molar-refractivity contribution is -0.122. The molecule has 0 radical (unpaired) electrons. The van der Waals surface area contributed by atoms with Crippen LogP contribution >= 0.6 is 8.17 Å². The van der Waals surface area contributed by atoms with Crippen LogP contribution in [0.15, 0.2) is 24.7 Å². The zero-order chi connectivity index (χ0) is 24.2. The molecule has 0 unspecified atom stereocenters. The van der Waals surface area contributed by atoms with Crippen LogP contribution in [0.4, 0.5) is 0 Å². The fourth-order valence-corrected chi connectivity index (χ4v) is 4.04. The van der Waals surface area contributed by atoms with E-state index in [4.69, 9.17) is 19.2 Å². The normalized spacial score (nSPS) is 13.0. The summed E-state index contributed by atoms with van der Waals surface area (Å²) in [5.74, 6) is -0.113. The molecule has 1 aromatic heterocycles. The highest BCUT2D eigenvalue weighted by Gasteiger charge is 2.34. The SMILES string of the molecule is CCCCCCCC/C=C\CCCCCCCC(=O)N[C@@H](CO[P+](O)(O)O)Cc1cnc[nH]1. The van der Waals surface area contributed by atoms with Gasteiger partial charge in [0, 0.05) is 24.7 Å². The molecule has 1 atom stereocenters. The monoisotopic (exact) mass is 486 g/mol. The molecule has 0 aliphatic rings. The highest BCUT2D eigenvalue weighted by Crippen LogP contribution is 2.45. The smallest absolute Gasteiger partial charge is 0.350 e. The highest BCUT2D eigenvalue weighted by atomic mass is 31.2. The minimum atomic E-state index is -4.34. The molecule has 5 N–H and O–H groups in total. The number of hydrogen-bond donors (Lipinski definition) is 5. The van der Waals surface area contributed by atoms with Crippen LogP contribution in [0.3, 0.4) is 0 Å². The van der Waals surface area contributed by atoms with Crippen LogP contribution < -0.4 is 5.32 Å². The fraction of sp³-hybridized carbons (Fsp3) is 0.750. The zero-order valence-electron chi connectivity index (χ0n) is 20.3. The van der Waals surface area contributed by atoms with E-state index in [1.165, 1.54) is 64.1 Å². The Morgan fingerprint density at radius 2 is 1.64 bits per heavy atom. The first kappa shape index (κ1) is 29.7. The Hall–Kier alpha value is -1.31. The van der Waals surface area contributed by atoms with E-state index in [0.717, 1.165) is 31.4 Å². The molecule has 9 heteroatoms. The van der Waals surface area contributed by atoms with Crippen molar-refractivity contribution in [3.63, 3.8) is 0 Å². The van der Waals surface area contributed by atoms with E-state index in [1.807, 2.05) is 0 Å². The van der Waals surface area contributed by atoms with E-state index < -0.39 is 14.2 Å². The average Bonchev–Trinajstić information content (AvgIpc) is 3.27. The number of nitrogens with one attached hydrogen (secondary N) is 2. The van der Waals surface area contributed by atoms with Gasteiger partial charge < -0.3 is 10.3 Å². The number of allylic oxidation sites excluding steroid dienone is 2. The molecule has 0 saturated carbocycles. The zero-order valence-corrected chi connectivity index (χ0v) is 21.1. The van der Waals surface area contributed by atoms with Crippen LogP contribution in [-0.2, 0) is 15.7 Å². The lowest BCUT2D eigenvalue weighted by Gasteiger charge is -2.17. The molecule has 0 aliphatic heterocycles. The minimum Gasteiger partial charge on any atom is -0.350 e. The molecule has 0 spiro atoms. The second-order valence-corrected chi connectivity index (χ2v) is 9.97. The van der Waals surface area contributed by atoms with E-state index in [1.54, 1.807) is 6.20 Å². The number of rotatable bonds is 21. The Balaban J connectivity index is 2.06. The molecule has 0 saturated heterocycles. The van der Waals surface area contributed by atoms with Crippen molar-refractivity contribution < 1.29 is 24.0 Å². The van der Waals surface area contributed by atoms with Gasteiger partial charge in [0.25, 0.3) is 0 Å². The van der Waals surface area contributed by atoms with Crippen molar-refractivity contribution in [2.24, 2.45) is 0 Å². The molecular formula is C24H45N3O5P+. The molecule has 33 heavy (non-hydrogen) atoms. The summed E-state index contributed by atoms with van der Waals surface area (Å²) < 4.78 is 4.70. The Kier molecular flexibility index (Phi) is 17.2. The molecule has 8 nitrogen and oxygen atoms in total. The number of amides is 1.